The summed E-state index contributed by atoms with van der Waals surface area (Å²) in [5.74, 6) is -0.578. The summed E-state index contributed by atoms with van der Waals surface area (Å²) in [7, 11) is -8.42. The van der Waals surface area contributed by atoms with Crippen LogP contribution in [0.1, 0.15) is 6.92 Å². The van der Waals surface area contributed by atoms with Crippen molar-refractivity contribution in [3.05, 3.63) is 24.3 Å². The molecule has 0 fully saturated rings. The van der Waals surface area contributed by atoms with E-state index in [0.29, 0.717) is 11.4 Å². The van der Waals surface area contributed by atoms with Crippen molar-refractivity contribution in [1.82, 2.24) is 0 Å². The van der Waals surface area contributed by atoms with Gasteiger partial charge in [0.1, 0.15) is 0 Å². The van der Waals surface area contributed by atoms with Crippen molar-refractivity contribution in [2.45, 2.75) is 6.92 Å². The van der Waals surface area contributed by atoms with Gasteiger partial charge in [0.15, 0.2) is 0 Å². The molecule has 1 rings (SSSR count). The number of benzene rings is 1. The van der Waals surface area contributed by atoms with Crippen molar-refractivity contribution in [3.8, 4) is 0 Å². The largest absolute Gasteiger partial charge is 0.399 e. The zero-order chi connectivity index (χ0) is 15.4. The number of nitrogen functional groups attached to an aromatic ring is 1. The van der Waals surface area contributed by atoms with E-state index >= 15 is 0 Å². The van der Waals surface area contributed by atoms with Gasteiger partial charge in [-0.25, -0.2) is 12.6 Å². The highest BCUT2D eigenvalue weighted by atomic mass is 32.3. The lowest BCUT2D eigenvalue weighted by Crippen LogP contribution is -2.34. The van der Waals surface area contributed by atoms with Crippen molar-refractivity contribution >= 4 is 31.8 Å². The van der Waals surface area contributed by atoms with E-state index in [-0.39, 0.29) is 6.54 Å². The predicted molar refractivity (Wildman–Crippen MR) is 75.2 cm³/mol. The van der Waals surface area contributed by atoms with Crippen molar-refractivity contribution in [2.24, 2.45) is 0 Å². The van der Waals surface area contributed by atoms with Gasteiger partial charge in [-0.3, -0.25) is 8.86 Å². The zero-order valence-electron chi connectivity index (χ0n) is 10.8. The molecule has 0 saturated heterocycles. The van der Waals surface area contributed by atoms with Crippen molar-refractivity contribution in [1.29, 1.82) is 0 Å². The molecule has 0 aromatic heterocycles. The van der Waals surface area contributed by atoms with Crippen LogP contribution in [0.3, 0.4) is 0 Å². The van der Waals surface area contributed by atoms with Crippen LogP contribution in [0.2, 0.25) is 0 Å². The molecule has 0 atom stereocenters. The van der Waals surface area contributed by atoms with E-state index in [2.05, 4.69) is 4.18 Å². The van der Waals surface area contributed by atoms with Gasteiger partial charge in [-0.1, -0.05) is 0 Å². The lowest BCUT2D eigenvalue weighted by molar-refractivity contribution is 0.284. The average molecular weight is 324 g/mol. The standard InChI is InChI=1S/C10H16N2O6S2/c1-2-12(10-5-3-9(11)4-6-10)19(13,14)8-7-18-20(15,16)17/h3-6H,2,7-8,11H2,1H3,(H,15,16,17). The fourth-order valence-electron chi connectivity index (χ4n) is 1.54. The van der Waals surface area contributed by atoms with Crippen molar-refractivity contribution < 1.29 is 25.6 Å². The van der Waals surface area contributed by atoms with E-state index < -0.39 is 32.8 Å². The van der Waals surface area contributed by atoms with E-state index in [4.69, 9.17) is 10.3 Å². The average Bonchev–Trinajstić information content (AvgIpc) is 2.30. The molecule has 10 heteroatoms. The summed E-state index contributed by atoms with van der Waals surface area (Å²) in [6.07, 6.45) is 0. The summed E-state index contributed by atoms with van der Waals surface area (Å²) in [6.45, 7) is 1.14. The molecule has 3 N–H and O–H groups in total. The molecule has 0 aliphatic rings. The minimum atomic E-state index is -4.65. The molecule has 0 radical (unpaired) electrons. The molecule has 1 aromatic rings. The van der Waals surface area contributed by atoms with Gasteiger partial charge in [0, 0.05) is 12.2 Å². The number of anilines is 2. The number of hydrogen-bond donors (Lipinski definition) is 2. The quantitative estimate of drug-likeness (QED) is 0.543. The van der Waals surface area contributed by atoms with Crippen LogP contribution in [-0.2, 0) is 24.6 Å². The van der Waals surface area contributed by atoms with Crippen LogP contribution in [0, 0.1) is 0 Å². The van der Waals surface area contributed by atoms with E-state index in [0.717, 1.165) is 4.31 Å². The molecular formula is C10H16N2O6S2. The summed E-state index contributed by atoms with van der Waals surface area (Å²) in [5, 5.41) is 0. The second kappa shape index (κ2) is 6.39. The first-order valence-corrected chi connectivity index (χ1v) is 8.61. The Kier molecular flexibility index (Phi) is 5.34. The Labute approximate surface area is 118 Å². The molecular weight excluding hydrogens is 308 g/mol. The fraction of sp³-hybridized carbons (Fsp3) is 0.400. The Balaban J connectivity index is 2.85. The molecule has 20 heavy (non-hydrogen) atoms. The molecule has 0 bridgehead atoms. The highest BCUT2D eigenvalue weighted by Crippen LogP contribution is 2.19. The predicted octanol–water partition coefficient (Wildman–Crippen LogP) is 0.244. The molecule has 1 aromatic carbocycles. The second-order valence-corrected chi connectivity index (χ2v) is 6.93. The van der Waals surface area contributed by atoms with Crippen LogP contribution in [0.4, 0.5) is 11.4 Å². The first-order chi connectivity index (χ1) is 9.15. The van der Waals surface area contributed by atoms with Crippen LogP contribution >= 0.6 is 0 Å². The normalized spacial score (nSPS) is 12.3. The smallest absolute Gasteiger partial charge is 0.397 e. The zero-order valence-corrected chi connectivity index (χ0v) is 12.4. The summed E-state index contributed by atoms with van der Waals surface area (Å²) >= 11 is 0. The molecule has 0 saturated carbocycles. The molecule has 0 aliphatic heterocycles. The number of sulfonamides is 1. The van der Waals surface area contributed by atoms with E-state index in [1.54, 1.807) is 31.2 Å². The lowest BCUT2D eigenvalue weighted by atomic mass is 10.3. The molecule has 0 aliphatic carbocycles. The van der Waals surface area contributed by atoms with Gasteiger partial charge < -0.3 is 5.73 Å². The second-order valence-electron chi connectivity index (χ2n) is 3.82. The maximum absolute atomic E-state index is 12.1. The monoisotopic (exact) mass is 324 g/mol. The summed E-state index contributed by atoms with van der Waals surface area (Å²) in [6, 6.07) is 6.20. The van der Waals surface area contributed by atoms with Crippen LogP contribution < -0.4 is 10.0 Å². The van der Waals surface area contributed by atoms with Crippen LogP contribution in [0.25, 0.3) is 0 Å². The summed E-state index contributed by atoms with van der Waals surface area (Å²) < 4.78 is 58.4. The minimum Gasteiger partial charge on any atom is -0.399 e. The number of hydrogen-bond acceptors (Lipinski definition) is 6. The van der Waals surface area contributed by atoms with Crippen molar-refractivity contribution in [3.63, 3.8) is 0 Å². The van der Waals surface area contributed by atoms with Gasteiger partial charge in [0.2, 0.25) is 10.0 Å². The van der Waals surface area contributed by atoms with Crippen LogP contribution in [0.5, 0.6) is 0 Å². The minimum absolute atomic E-state index is 0.165. The molecule has 0 amide bonds. The number of nitrogens with zero attached hydrogens (tertiary/aromatic N) is 1. The molecule has 0 heterocycles. The Morgan fingerprint density at radius 1 is 1.20 bits per heavy atom. The van der Waals surface area contributed by atoms with Crippen molar-refractivity contribution in [2.75, 3.05) is 28.9 Å². The first kappa shape index (κ1) is 16.7. The lowest BCUT2D eigenvalue weighted by Gasteiger charge is -2.22. The Bertz CT molecular complexity index is 639. The number of rotatable bonds is 7. The molecule has 8 nitrogen and oxygen atoms in total. The fourth-order valence-corrected chi connectivity index (χ4v) is 3.29. The highest BCUT2D eigenvalue weighted by Gasteiger charge is 2.21. The first-order valence-electron chi connectivity index (χ1n) is 5.63. The summed E-state index contributed by atoms with van der Waals surface area (Å²) in [4.78, 5) is 0. The topological polar surface area (TPSA) is 127 Å². The summed E-state index contributed by atoms with van der Waals surface area (Å²) in [5.41, 5.74) is 6.43. The maximum atomic E-state index is 12.1. The number of nitrogens with two attached hydrogens (primary N) is 1. The SMILES string of the molecule is CCN(c1ccc(N)cc1)S(=O)(=O)CCOS(=O)(=O)O. The maximum Gasteiger partial charge on any atom is 0.397 e. The third-order valence-corrected chi connectivity index (χ3v) is 4.67. The van der Waals surface area contributed by atoms with Gasteiger partial charge in [-0.05, 0) is 31.2 Å². The Morgan fingerprint density at radius 2 is 1.75 bits per heavy atom. The van der Waals surface area contributed by atoms with Gasteiger partial charge in [-0.15, -0.1) is 0 Å². The van der Waals surface area contributed by atoms with Gasteiger partial charge in [0.25, 0.3) is 0 Å². The molecule has 0 spiro atoms. The van der Waals surface area contributed by atoms with E-state index in [1.165, 1.54) is 0 Å². The Morgan fingerprint density at radius 3 is 2.20 bits per heavy atom. The third-order valence-electron chi connectivity index (χ3n) is 2.38. The van der Waals surface area contributed by atoms with Gasteiger partial charge in [0.05, 0.1) is 18.0 Å². The van der Waals surface area contributed by atoms with E-state index in [9.17, 15) is 16.8 Å². The van der Waals surface area contributed by atoms with Gasteiger partial charge >= 0.3 is 10.4 Å². The van der Waals surface area contributed by atoms with Crippen LogP contribution in [-0.4, -0.2) is 40.3 Å². The highest BCUT2D eigenvalue weighted by molar-refractivity contribution is 7.92. The third kappa shape index (κ3) is 4.96. The Hall–Kier alpha value is -1.36. The van der Waals surface area contributed by atoms with E-state index in [1.807, 2.05) is 0 Å². The molecule has 0 unspecified atom stereocenters. The van der Waals surface area contributed by atoms with Gasteiger partial charge in [-0.2, -0.15) is 8.42 Å². The van der Waals surface area contributed by atoms with Crippen LogP contribution in [0.15, 0.2) is 24.3 Å². The molecule has 114 valence electrons.